The predicted octanol–water partition coefficient (Wildman–Crippen LogP) is 1.89. The summed E-state index contributed by atoms with van der Waals surface area (Å²) in [4.78, 5) is 22.0. The number of carbonyl (C=O) groups is 2. The fourth-order valence-electron chi connectivity index (χ4n) is 1.55. The molecule has 0 saturated carbocycles. The summed E-state index contributed by atoms with van der Waals surface area (Å²) in [5.41, 5.74) is 1.44. The van der Waals surface area contributed by atoms with Gasteiger partial charge < -0.3 is 10.2 Å². The largest absolute Gasteiger partial charge is 0.479 e. The first kappa shape index (κ1) is 15.0. The molecule has 98 valence electrons. The van der Waals surface area contributed by atoms with Crippen LogP contribution in [0.4, 0.5) is 0 Å². The molecule has 0 heterocycles. The molecule has 0 radical (unpaired) electrons. The van der Waals surface area contributed by atoms with Gasteiger partial charge in [-0.1, -0.05) is 18.2 Å². The minimum Gasteiger partial charge on any atom is -0.479 e. The Labute approximate surface area is 114 Å². The highest BCUT2D eigenvalue weighted by Gasteiger charge is 2.17. The van der Waals surface area contributed by atoms with Gasteiger partial charge in [-0.15, -0.1) is 23.2 Å². The lowest BCUT2D eigenvalue weighted by atomic mass is 10.00. The number of aliphatic carboxylic acids is 1. The maximum absolute atomic E-state index is 11.3. The van der Waals surface area contributed by atoms with E-state index in [0.717, 1.165) is 0 Å². The molecule has 18 heavy (non-hydrogen) atoms. The zero-order valence-electron chi connectivity index (χ0n) is 9.40. The van der Waals surface area contributed by atoms with Crippen molar-refractivity contribution in [3.05, 3.63) is 34.9 Å². The van der Waals surface area contributed by atoms with E-state index in [2.05, 4.69) is 0 Å². The Morgan fingerprint density at radius 1 is 1.17 bits per heavy atom. The van der Waals surface area contributed by atoms with Gasteiger partial charge in [0.2, 0.25) is 0 Å². The second-order valence-electron chi connectivity index (χ2n) is 3.81. The van der Waals surface area contributed by atoms with E-state index in [4.69, 9.17) is 28.3 Å². The highest BCUT2D eigenvalue weighted by atomic mass is 35.5. The van der Waals surface area contributed by atoms with E-state index in [9.17, 15) is 14.7 Å². The van der Waals surface area contributed by atoms with E-state index in [1.807, 2.05) is 0 Å². The van der Waals surface area contributed by atoms with Gasteiger partial charge in [-0.05, 0) is 16.7 Å². The molecule has 1 unspecified atom stereocenters. The Bertz CT molecular complexity index is 459. The molecule has 1 atom stereocenters. The number of hydrogen-bond acceptors (Lipinski definition) is 3. The molecule has 4 nitrogen and oxygen atoms in total. The summed E-state index contributed by atoms with van der Waals surface area (Å²) in [5.74, 6) is -1.47. The van der Waals surface area contributed by atoms with E-state index in [0.29, 0.717) is 11.1 Å². The molecule has 0 amide bonds. The third kappa shape index (κ3) is 3.98. The maximum atomic E-state index is 11.3. The van der Waals surface area contributed by atoms with E-state index in [1.165, 1.54) is 12.1 Å². The van der Waals surface area contributed by atoms with Crippen molar-refractivity contribution in [2.24, 2.45) is 0 Å². The molecule has 0 spiro atoms. The van der Waals surface area contributed by atoms with Gasteiger partial charge in [0.25, 0.3) is 0 Å². The normalized spacial score (nSPS) is 12.2. The van der Waals surface area contributed by atoms with Crippen molar-refractivity contribution in [2.45, 2.75) is 18.4 Å². The third-order valence-corrected chi connectivity index (χ3v) is 2.94. The number of benzene rings is 1. The quantitative estimate of drug-likeness (QED) is 0.785. The number of Topliss-reactive ketones (excluding diaryl/α,β-unsaturated/α-hetero) is 1. The Morgan fingerprint density at radius 2 is 1.78 bits per heavy atom. The SMILES string of the molecule is O=C(CCl)Cc1cc(CCl)cc(C(O)C(=O)O)c1. The Morgan fingerprint density at radius 3 is 2.28 bits per heavy atom. The van der Waals surface area contributed by atoms with Crippen LogP contribution >= 0.6 is 23.2 Å². The van der Waals surface area contributed by atoms with Crippen LogP contribution < -0.4 is 0 Å². The molecule has 2 N–H and O–H groups in total. The van der Waals surface area contributed by atoms with Crippen molar-refractivity contribution in [1.82, 2.24) is 0 Å². The molecule has 0 aliphatic heterocycles. The summed E-state index contributed by atoms with van der Waals surface area (Å²) in [7, 11) is 0. The first-order valence-corrected chi connectivity index (χ1v) is 6.22. The number of alkyl halides is 2. The lowest BCUT2D eigenvalue weighted by molar-refractivity contribution is -0.146. The van der Waals surface area contributed by atoms with Crippen LogP contribution in [0.1, 0.15) is 22.8 Å². The van der Waals surface area contributed by atoms with Gasteiger partial charge in [0.15, 0.2) is 11.9 Å². The second-order valence-corrected chi connectivity index (χ2v) is 4.34. The van der Waals surface area contributed by atoms with E-state index >= 15 is 0 Å². The lowest BCUT2D eigenvalue weighted by Gasteiger charge is -2.10. The molecule has 1 rings (SSSR count). The number of rotatable bonds is 6. The zero-order valence-corrected chi connectivity index (χ0v) is 10.9. The van der Waals surface area contributed by atoms with Crippen LogP contribution in [0.15, 0.2) is 18.2 Å². The third-order valence-electron chi connectivity index (χ3n) is 2.33. The number of halogens is 2. The lowest BCUT2D eigenvalue weighted by Crippen LogP contribution is -2.12. The summed E-state index contributed by atoms with van der Waals surface area (Å²) in [6.45, 7) is 0. The summed E-state index contributed by atoms with van der Waals surface area (Å²) in [6.07, 6.45) is -1.54. The average Bonchev–Trinajstić information content (AvgIpc) is 2.36. The molecular formula is C12H12Cl2O4. The average molecular weight is 291 g/mol. The molecule has 1 aromatic rings. The standard InChI is InChI=1S/C12H12Cl2O4/c13-5-8-1-7(4-10(15)6-14)2-9(3-8)11(16)12(17)18/h1-3,11,16H,4-6H2,(H,17,18). The van der Waals surface area contributed by atoms with Crippen LogP contribution in [0.25, 0.3) is 0 Å². The van der Waals surface area contributed by atoms with Gasteiger partial charge in [0.1, 0.15) is 0 Å². The molecule has 1 aromatic carbocycles. The van der Waals surface area contributed by atoms with Gasteiger partial charge >= 0.3 is 5.97 Å². The van der Waals surface area contributed by atoms with Gasteiger partial charge in [-0.2, -0.15) is 0 Å². The second kappa shape index (κ2) is 6.73. The smallest absolute Gasteiger partial charge is 0.337 e. The Hall–Kier alpha value is -1.10. The fourth-order valence-corrected chi connectivity index (χ4v) is 1.79. The number of carboxylic acid groups (broad SMARTS) is 1. The summed E-state index contributed by atoms with van der Waals surface area (Å²) < 4.78 is 0. The minimum absolute atomic E-state index is 0.0908. The van der Waals surface area contributed by atoms with E-state index < -0.39 is 12.1 Å². The highest BCUT2D eigenvalue weighted by molar-refractivity contribution is 6.27. The number of carboxylic acids is 1. The highest BCUT2D eigenvalue weighted by Crippen LogP contribution is 2.19. The van der Waals surface area contributed by atoms with E-state index in [-0.39, 0.29) is 29.5 Å². The van der Waals surface area contributed by atoms with Crippen LogP contribution in [0.5, 0.6) is 0 Å². The first-order chi connectivity index (χ1) is 8.47. The zero-order chi connectivity index (χ0) is 13.7. The molecule has 0 aliphatic carbocycles. The van der Waals surface area contributed by atoms with Crippen molar-refractivity contribution < 1.29 is 19.8 Å². The number of aliphatic hydroxyl groups excluding tert-OH is 1. The first-order valence-electron chi connectivity index (χ1n) is 5.15. The molecule has 6 heteroatoms. The van der Waals surface area contributed by atoms with Gasteiger partial charge in [-0.25, -0.2) is 4.79 Å². The predicted molar refractivity (Wildman–Crippen MR) is 68.0 cm³/mol. The topological polar surface area (TPSA) is 74.6 Å². The van der Waals surface area contributed by atoms with Crippen LogP contribution in [-0.4, -0.2) is 27.8 Å². The van der Waals surface area contributed by atoms with Crippen molar-refractivity contribution in [3.63, 3.8) is 0 Å². The van der Waals surface area contributed by atoms with Gasteiger partial charge in [0.05, 0.1) is 5.88 Å². The number of hydrogen-bond donors (Lipinski definition) is 2. The van der Waals surface area contributed by atoms with Crippen LogP contribution in [-0.2, 0) is 21.9 Å². The molecule has 0 saturated heterocycles. The Balaban J connectivity index is 3.08. The van der Waals surface area contributed by atoms with Crippen molar-refractivity contribution in [1.29, 1.82) is 0 Å². The van der Waals surface area contributed by atoms with Crippen molar-refractivity contribution in [2.75, 3.05) is 5.88 Å². The number of ketones is 1. The Kier molecular flexibility index (Phi) is 5.59. The van der Waals surface area contributed by atoms with E-state index in [1.54, 1.807) is 6.07 Å². The monoisotopic (exact) mass is 290 g/mol. The summed E-state index contributed by atoms with van der Waals surface area (Å²) >= 11 is 11.1. The minimum atomic E-state index is -1.63. The van der Waals surface area contributed by atoms with Crippen LogP contribution in [0, 0.1) is 0 Å². The number of aliphatic hydroxyl groups is 1. The van der Waals surface area contributed by atoms with Crippen molar-refractivity contribution >= 4 is 35.0 Å². The van der Waals surface area contributed by atoms with Gasteiger partial charge in [-0.3, -0.25) is 4.79 Å². The molecule has 0 bridgehead atoms. The van der Waals surface area contributed by atoms with Gasteiger partial charge in [0, 0.05) is 12.3 Å². The van der Waals surface area contributed by atoms with Crippen LogP contribution in [0.2, 0.25) is 0 Å². The summed E-state index contributed by atoms with van der Waals surface area (Å²) in [6, 6.07) is 4.66. The maximum Gasteiger partial charge on any atom is 0.337 e. The fraction of sp³-hybridized carbons (Fsp3) is 0.333. The molecule has 0 aromatic heterocycles. The summed E-state index contributed by atoms with van der Waals surface area (Å²) in [5, 5.41) is 18.2. The number of carbonyl (C=O) groups excluding carboxylic acids is 1. The van der Waals surface area contributed by atoms with Crippen LogP contribution in [0.3, 0.4) is 0 Å². The molecule has 0 aliphatic rings. The molecular weight excluding hydrogens is 279 g/mol. The molecule has 0 fully saturated rings. The van der Waals surface area contributed by atoms with Crippen molar-refractivity contribution in [3.8, 4) is 0 Å².